The first-order valence-electron chi connectivity index (χ1n) is 8.80. The summed E-state index contributed by atoms with van der Waals surface area (Å²) in [6.45, 7) is 1.99. The van der Waals surface area contributed by atoms with E-state index in [1.807, 2.05) is 0 Å². The van der Waals surface area contributed by atoms with E-state index in [9.17, 15) is 18.4 Å². The molecule has 0 bridgehead atoms. The summed E-state index contributed by atoms with van der Waals surface area (Å²) in [7, 11) is 1.14. The summed E-state index contributed by atoms with van der Waals surface area (Å²) in [5, 5.41) is 12.3. The van der Waals surface area contributed by atoms with Gasteiger partial charge < -0.3 is 21.1 Å². The fourth-order valence-electron chi connectivity index (χ4n) is 2.68. The Morgan fingerprint density at radius 2 is 1.79 bits per heavy atom. The van der Waals surface area contributed by atoms with Crippen molar-refractivity contribution in [3.63, 3.8) is 0 Å². The number of amidine groups is 1. The smallest absolute Gasteiger partial charge is 0.254 e. The van der Waals surface area contributed by atoms with Crippen molar-refractivity contribution in [2.24, 2.45) is 5.73 Å². The maximum Gasteiger partial charge on any atom is 0.254 e. The van der Waals surface area contributed by atoms with Gasteiger partial charge in [-0.2, -0.15) is 0 Å². The number of amides is 2. The average molecular weight is 404 g/mol. The molecule has 0 aromatic heterocycles. The predicted molar refractivity (Wildman–Crippen MR) is 103 cm³/mol. The Balaban J connectivity index is 2.21. The number of hydrogen-bond acceptors (Lipinski definition) is 4. The third-order valence-electron chi connectivity index (χ3n) is 4.18. The first kappa shape index (κ1) is 22.0. The van der Waals surface area contributed by atoms with Gasteiger partial charge in [0.05, 0.1) is 11.1 Å². The van der Waals surface area contributed by atoms with E-state index in [4.69, 9.17) is 15.9 Å². The van der Waals surface area contributed by atoms with E-state index < -0.39 is 35.1 Å². The van der Waals surface area contributed by atoms with Crippen molar-refractivity contribution in [2.45, 2.75) is 19.6 Å². The average Bonchev–Trinajstić information content (AvgIpc) is 2.69. The molecule has 1 unspecified atom stereocenters. The van der Waals surface area contributed by atoms with Crippen LogP contribution >= 0.6 is 0 Å². The Labute approximate surface area is 166 Å². The number of carbonyl (C=O) groups is 2. The first-order valence-corrected chi connectivity index (χ1v) is 8.80. The highest BCUT2D eigenvalue weighted by atomic mass is 19.1. The molecule has 29 heavy (non-hydrogen) atoms. The van der Waals surface area contributed by atoms with Gasteiger partial charge in [-0.3, -0.25) is 15.0 Å². The molecule has 0 fully saturated rings. The van der Waals surface area contributed by atoms with Crippen LogP contribution in [0, 0.1) is 17.0 Å². The number of ether oxygens (including phenoxy) is 1. The number of methoxy groups -OCH3 is 1. The van der Waals surface area contributed by atoms with Crippen LogP contribution in [0.1, 0.15) is 40.1 Å². The van der Waals surface area contributed by atoms with Gasteiger partial charge >= 0.3 is 0 Å². The van der Waals surface area contributed by atoms with Crippen LogP contribution in [-0.4, -0.2) is 31.3 Å². The third-order valence-corrected chi connectivity index (χ3v) is 4.18. The molecule has 2 amide bonds. The second kappa shape index (κ2) is 9.74. The molecule has 7 nitrogen and oxygen atoms in total. The van der Waals surface area contributed by atoms with E-state index >= 15 is 0 Å². The van der Waals surface area contributed by atoms with Crippen molar-refractivity contribution in [1.82, 2.24) is 10.6 Å². The maximum atomic E-state index is 14.8. The largest absolute Gasteiger partial charge is 0.384 e. The van der Waals surface area contributed by atoms with Gasteiger partial charge in [-0.25, -0.2) is 8.78 Å². The number of nitrogens with one attached hydrogen (secondary N) is 3. The standard InChI is InChI=1S/C20H22F2N4O3/c1-3-25-19(27)13-8-9-14(21)15(16(13)22)17(29-2)20(28)26-10-11-4-6-12(7-5-11)18(23)24/h4-9,17H,3,10H2,1-2H3,(H3,23,24)(H,25,27)(H,26,28). The minimum absolute atomic E-state index is 0.0656. The molecule has 0 spiro atoms. The molecule has 5 N–H and O–H groups in total. The van der Waals surface area contributed by atoms with E-state index in [1.54, 1.807) is 31.2 Å². The lowest BCUT2D eigenvalue weighted by Crippen LogP contribution is -2.32. The number of carbonyl (C=O) groups excluding carboxylic acids is 2. The number of nitrogens with two attached hydrogens (primary N) is 1. The van der Waals surface area contributed by atoms with Gasteiger partial charge in [0.15, 0.2) is 6.10 Å². The normalized spacial score (nSPS) is 11.6. The molecule has 0 radical (unpaired) electrons. The summed E-state index contributed by atoms with van der Waals surface area (Å²) in [5.74, 6) is -3.72. The predicted octanol–water partition coefficient (Wildman–Crippen LogP) is 2.00. The maximum absolute atomic E-state index is 14.8. The molecule has 0 heterocycles. The summed E-state index contributed by atoms with van der Waals surface area (Å²) in [6.07, 6.45) is -1.58. The monoisotopic (exact) mass is 404 g/mol. The zero-order chi connectivity index (χ0) is 21.6. The molecule has 0 saturated carbocycles. The number of benzene rings is 2. The fourth-order valence-corrected chi connectivity index (χ4v) is 2.68. The second-order valence-corrected chi connectivity index (χ2v) is 6.13. The Bertz CT molecular complexity index is 917. The molecular weight excluding hydrogens is 382 g/mol. The lowest BCUT2D eigenvalue weighted by molar-refractivity contribution is -0.131. The van der Waals surface area contributed by atoms with Crippen molar-refractivity contribution in [3.05, 3.63) is 70.3 Å². The number of hydrogen-bond donors (Lipinski definition) is 4. The molecular formula is C20H22F2N4O3. The van der Waals surface area contributed by atoms with Crippen molar-refractivity contribution in [1.29, 1.82) is 5.41 Å². The Morgan fingerprint density at radius 3 is 2.34 bits per heavy atom. The Morgan fingerprint density at radius 1 is 1.14 bits per heavy atom. The van der Waals surface area contributed by atoms with Gasteiger partial charge in [0.1, 0.15) is 17.5 Å². The van der Waals surface area contributed by atoms with Gasteiger partial charge in [0.25, 0.3) is 11.8 Å². The van der Waals surface area contributed by atoms with E-state index in [-0.39, 0.29) is 24.5 Å². The molecule has 1 atom stereocenters. The van der Waals surface area contributed by atoms with Gasteiger partial charge in [-0.05, 0) is 24.6 Å². The fraction of sp³-hybridized carbons (Fsp3) is 0.250. The summed E-state index contributed by atoms with van der Waals surface area (Å²) >= 11 is 0. The molecule has 0 aliphatic carbocycles. The molecule has 2 aromatic rings. The van der Waals surface area contributed by atoms with Crippen LogP contribution in [0.2, 0.25) is 0 Å². The van der Waals surface area contributed by atoms with Crippen LogP contribution in [0.25, 0.3) is 0 Å². The van der Waals surface area contributed by atoms with Crippen molar-refractivity contribution < 1.29 is 23.1 Å². The van der Waals surface area contributed by atoms with Crippen LogP contribution in [-0.2, 0) is 16.1 Å². The number of halogens is 2. The minimum atomic E-state index is -1.58. The van der Waals surface area contributed by atoms with Crippen LogP contribution in [0.3, 0.4) is 0 Å². The van der Waals surface area contributed by atoms with Gasteiger partial charge in [0, 0.05) is 25.8 Å². The summed E-state index contributed by atoms with van der Waals surface area (Å²) in [5.41, 5.74) is 5.59. The Kier molecular flexibility index (Phi) is 7.38. The van der Waals surface area contributed by atoms with E-state index in [0.717, 1.165) is 19.2 Å². The summed E-state index contributed by atoms with van der Waals surface area (Å²) < 4.78 is 34.1. The van der Waals surface area contributed by atoms with Crippen LogP contribution < -0.4 is 16.4 Å². The zero-order valence-corrected chi connectivity index (χ0v) is 16.0. The van der Waals surface area contributed by atoms with Gasteiger partial charge in [0.2, 0.25) is 0 Å². The number of nitrogen functional groups attached to an aromatic ring is 1. The van der Waals surface area contributed by atoms with Gasteiger partial charge in [-0.15, -0.1) is 0 Å². The van der Waals surface area contributed by atoms with Crippen molar-refractivity contribution >= 4 is 17.6 Å². The molecule has 2 rings (SSSR count). The SMILES string of the molecule is CCNC(=O)c1ccc(F)c(C(OC)C(=O)NCc2ccc(C(=N)N)cc2)c1F. The lowest BCUT2D eigenvalue weighted by atomic mass is 10.0. The molecule has 2 aromatic carbocycles. The first-order chi connectivity index (χ1) is 13.8. The van der Waals surface area contributed by atoms with Crippen LogP contribution in [0.15, 0.2) is 36.4 Å². The van der Waals surface area contributed by atoms with Gasteiger partial charge in [-0.1, -0.05) is 24.3 Å². The molecule has 0 aliphatic heterocycles. The van der Waals surface area contributed by atoms with E-state index in [2.05, 4.69) is 10.6 Å². The van der Waals surface area contributed by atoms with Crippen LogP contribution in [0.5, 0.6) is 0 Å². The van der Waals surface area contributed by atoms with Crippen LogP contribution in [0.4, 0.5) is 8.78 Å². The highest BCUT2D eigenvalue weighted by Gasteiger charge is 2.29. The quantitative estimate of drug-likeness (QED) is 0.398. The highest BCUT2D eigenvalue weighted by Crippen LogP contribution is 2.26. The summed E-state index contributed by atoms with van der Waals surface area (Å²) in [6, 6.07) is 8.49. The Hall–Kier alpha value is -3.33. The summed E-state index contributed by atoms with van der Waals surface area (Å²) in [4.78, 5) is 24.5. The molecule has 0 saturated heterocycles. The number of rotatable bonds is 8. The van der Waals surface area contributed by atoms with E-state index in [1.165, 1.54) is 0 Å². The topological polar surface area (TPSA) is 117 Å². The van der Waals surface area contributed by atoms with E-state index in [0.29, 0.717) is 11.1 Å². The molecule has 0 aliphatic rings. The van der Waals surface area contributed by atoms with Crippen molar-refractivity contribution in [2.75, 3.05) is 13.7 Å². The molecule has 9 heteroatoms. The molecule has 154 valence electrons. The third kappa shape index (κ3) is 5.14. The zero-order valence-electron chi connectivity index (χ0n) is 16.0. The van der Waals surface area contributed by atoms with Crippen molar-refractivity contribution in [3.8, 4) is 0 Å². The highest BCUT2D eigenvalue weighted by molar-refractivity contribution is 5.95. The minimum Gasteiger partial charge on any atom is -0.384 e. The second-order valence-electron chi connectivity index (χ2n) is 6.13. The lowest BCUT2D eigenvalue weighted by Gasteiger charge is -2.18.